The molecular formula is C13H17N5O2. The molecule has 0 spiro atoms. The fraction of sp³-hybridized carbons (Fsp3) is 0.462. The van der Waals surface area contributed by atoms with Crippen LogP contribution in [0.3, 0.4) is 0 Å². The van der Waals surface area contributed by atoms with E-state index in [4.69, 9.17) is 5.11 Å². The van der Waals surface area contributed by atoms with E-state index in [-0.39, 0.29) is 18.6 Å². The van der Waals surface area contributed by atoms with Crippen LogP contribution in [0.4, 0.5) is 0 Å². The van der Waals surface area contributed by atoms with Gasteiger partial charge in [-0.25, -0.2) is 0 Å². The molecule has 1 fully saturated rings. The first-order chi connectivity index (χ1) is 9.69. The van der Waals surface area contributed by atoms with E-state index in [9.17, 15) is 4.79 Å². The Bertz CT molecular complexity index is 618. The Hall–Kier alpha value is -2.15. The lowest BCUT2D eigenvalue weighted by atomic mass is 10.1. The molecule has 0 saturated carbocycles. The lowest BCUT2D eigenvalue weighted by Gasteiger charge is -2.22. The van der Waals surface area contributed by atoms with Crippen LogP contribution in [0.1, 0.15) is 40.8 Å². The predicted molar refractivity (Wildman–Crippen MR) is 70.7 cm³/mol. The Morgan fingerprint density at radius 3 is 3.10 bits per heavy atom. The predicted octanol–water partition coefficient (Wildman–Crippen LogP) is 0.613. The van der Waals surface area contributed by atoms with Gasteiger partial charge in [-0.1, -0.05) is 0 Å². The molecule has 3 heterocycles. The van der Waals surface area contributed by atoms with E-state index in [2.05, 4.69) is 15.3 Å². The van der Waals surface area contributed by atoms with Gasteiger partial charge in [0.15, 0.2) is 0 Å². The maximum absolute atomic E-state index is 12.5. The van der Waals surface area contributed by atoms with E-state index in [1.54, 1.807) is 28.9 Å². The number of nitrogens with zero attached hydrogens (tertiary/aromatic N) is 4. The summed E-state index contributed by atoms with van der Waals surface area (Å²) in [5.41, 5.74) is 1.92. The van der Waals surface area contributed by atoms with Crippen molar-refractivity contribution in [3.8, 4) is 0 Å². The molecule has 2 aromatic heterocycles. The number of aliphatic hydroxyl groups excluding tert-OH is 1. The molecule has 0 radical (unpaired) electrons. The van der Waals surface area contributed by atoms with Crippen LogP contribution in [0.5, 0.6) is 0 Å². The molecule has 0 aliphatic carbocycles. The highest BCUT2D eigenvalue weighted by Crippen LogP contribution is 2.32. The Morgan fingerprint density at radius 2 is 2.45 bits per heavy atom. The molecule has 1 atom stereocenters. The van der Waals surface area contributed by atoms with Crippen LogP contribution in [-0.4, -0.2) is 42.4 Å². The van der Waals surface area contributed by atoms with Crippen LogP contribution in [0.25, 0.3) is 0 Å². The first-order valence-corrected chi connectivity index (χ1v) is 6.64. The minimum atomic E-state index is -0.0755. The highest BCUT2D eigenvalue weighted by atomic mass is 16.3. The summed E-state index contributed by atoms with van der Waals surface area (Å²) in [6, 6.07) is 3.50. The first kappa shape index (κ1) is 12.9. The number of rotatable bonds is 3. The minimum Gasteiger partial charge on any atom is -0.390 e. The second-order valence-electron chi connectivity index (χ2n) is 5.01. The third kappa shape index (κ3) is 2.20. The summed E-state index contributed by atoms with van der Waals surface area (Å²) in [5, 5.41) is 20.2. The van der Waals surface area contributed by atoms with Crippen LogP contribution in [0.2, 0.25) is 0 Å². The van der Waals surface area contributed by atoms with Gasteiger partial charge >= 0.3 is 0 Å². The summed E-state index contributed by atoms with van der Waals surface area (Å²) < 4.78 is 1.62. The van der Waals surface area contributed by atoms with Gasteiger partial charge in [0, 0.05) is 19.8 Å². The zero-order chi connectivity index (χ0) is 14.1. The molecule has 1 aliphatic heterocycles. The second-order valence-corrected chi connectivity index (χ2v) is 5.01. The van der Waals surface area contributed by atoms with Crippen molar-refractivity contribution >= 4 is 5.91 Å². The molecule has 1 aliphatic rings. The topological polar surface area (TPSA) is 87.0 Å². The molecular weight excluding hydrogens is 258 g/mol. The van der Waals surface area contributed by atoms with E-state index in [1.807, 2.05) is 6.07 Å². The van der Waals surface area contributed by atoms with Gasteiger partial charge in [-0.15, -0.1) is 0 Å². The highest BCUT2D eigenvalue weighted by Gasteiger charge is 2.33. The van der Waals surface area contributed by atoms with E-state index < -0.39 is 0 Å². The molecule has 2 N–H and O–H groups in total. The van der Waals surface area contributed by atoms with Crippen molar-refractivity contribution in [3.63, 3.8) is 0 Å². The maximum Gasteiger partial charge on any atom is 0.274 e. The highest BCUT2D eigenvalue weighted by molar-refractivity contribution is 5.92. The average Bonchev–Trinajstić information content (AvgIpc) is 3.17. The summed E-state index contributed by atoms with van der Waals surface area (Å²) in [5.74, 6) is -0.0679. The number of amides is 1. The smallest absolute Gasteiger partial charge is 0.274 e. The summed E-state index contributed by atoms with van der Waals surface area (Å²) in [6.45, 7) is 0.634. The average molecular weight is 275 g/mol. The van der Waals surface area contributed by atoms with Crippen molar-refractivity contribution in [2.75, 3.05) is 6.54 Å². The van der Waals surface area contributed by atoms with Crippen LogP contribution in [0, 0.1) is 0 Å². The monoisotopic (exact) mass is 275 g/mol. The summed E-state index contributed by atoms with van der Waals surface area (Å²) >= 11 is 0. The lowest BCUT2D eigenvalue weighted by Crippen LogP contribution is -2.31. The van der Waals surface area contributed by atoms with Gasteiger partial charge in [0.25, 0.3) is 5.91 Å². The molecule has 1 saturated heterocycles. The number of carbonyl (C=O) groups excluding carboxylic acids is 1. The van der Waals surface area contributed by atoms with E-state index in [1.165, 1.54) is 0 Å². The van der Waals surface area contributed by atoms with Gasteiger partial charge in [0.05, 0.1) is 24.0 Å². The van der Waals surface area contributed by atoms with Crippen molar-refractivity contribution in [1.82, 2.24) is 24.9 Å². The number of aromatic amines is 1. The van der Waals surface area contributed by atoms with Crippen molar-refractivity contribution in [2.45, 2.75) is 25.5 Å². The third-order valence-electron chi connectivity index (χ3n) is 3.61. The zero-order valence-electron chi connectivity index (χ0n) is 11.3. The number of hydrogen-bond acceptors (Lipinski definition) is 4. The summed E-state index contributed by atoms with van der Waals surface area (Å²) in [7, 11) is 1.79. The van der Waals surface area contributed by atoms with Crippen molar-refractivity contribution in [2.24, 2.45) is 7.05 Å². The van der Waals surface area contributed by atoms with Crippen LogP contribution < -0.4 is 0 Å². The van der Waals surface area contributed by atoms with E-state index >= 15 is 0 Å². The number of H-pyrrole nitrogens is 1. The van der Waals surface area contributed by atoms with Crippen LogP contribution >= 0.6 is 0 Å². The lowest BCUT2D eigenvalue weighted by molar-refractivity contribution is 0.0726. The number of aryl methyl sites for hydroxylation is 1. The van der Waals surface area contributed by atoms with Crippen molar-refractivity contribution in [3.05, 3.63) is 35.4 Å². The van der Waals surface area contributed by atoms with Gasteiger partial charge in [-0.2, -0.15) is 10.2 Å². The third-order valence-corrected chi connectivity index (χ3v) is 3.61. The molecule has 0 aromatic carbocycles. The van der Waals surface area contributed by atoms with Crippen molar-refractivity contribution in [1.29, 1.82) is 0 Å². The van der Waals surface area contributed by atoms with E-state index in [0.717, 1.165) is 18.5 Å². The van der Waals surface area contributed by atoms with Gasteiger partial charge in [0.1, 0.15) is 5.69 Å². The number of hydrogen-bond donors (Lipinski definition) is 2. The molecule has 20 heavy (non-hydrogen) atoms. The Morgan fingerprint density at radius 1 is 1.60 bits per heavy atom. The number of likely N-dealkylation sites (tertiary alicyclic amines) is 1. The zero-order valence-corrected chi connectivity index (χ0v) is 11.3. The quantitative estimate of drug-likeness (QED) is 0.859. The Labute approximate surface area is 116 Å². The normalized spacial score (nSPS) is 18.7. The van der Waals surface area contributed by atoms with Gasteiger partial charge in [-0.3, -0.25) is 14.6 Å². The number of aliphatic hydroxyl groups is 1. The molecule has 1 amide bonds. The molecule has 7 heteroatoms. The van der Waals surface area contributed by atoms with Crippen molar-refractivity contribution < 1.29 is 9.90 Å². The molecule has 0 bridgehead atoms. The summed E-state index contributed by atoms with van der Waals surface area (Å²) in [6.07, 6.45) is 3.59. The van der Waals surface area contributed by atoms with Crippen LogP contribution in [0.15, 0.2) is 18.3 Å². The van der Waals surface area contributed by atoms with Crippen LogP contribution in [-0.2, 0) is 13.7 Å². The number of nitrogens with one attached hydrogen (secondary N) is 1. The Balaban J connectivity index is 1.83. The largest absolute Gasteiger partial charge is 0.390 e. The minimum absolute atomic E-state index is 0.0407. The maximum atomic E-state index is 12.5. The fourth-order valence-corrected chi connectivity index (χ4v) is 2.62. The fourth-order valence-electron chi connectivity index (χ4n) is 2.62. The Kier molecular flexibility index (Phi) is 3.27. The molecule has 3 rings (SSSR count). The first-order valence-electron chi connectivity index (χ1n) is 6.64. The SMILES string of the molecule is Cn1ccc(C(=O)N2CCC[C@@H]2c2cc(CO)[nH]n2)n1. The molecule has 2 aromatic rings. The molecule has 106 valence electrons. The van der Waals surface area contributed by atoms with E-state index in [0.29, 0.717) is 17.9 Å². The number of carbonyl (C=O) groups is 1. The van der Waals surface area contributed by atoms with Gasteiger partial charge in [-0.05, 0) is 25.0 Å². The van der Waals surface area contributed by atoms with Gasteiger partial charge < -0.3 is 10.0 Å². The molecule has 7 nitrogen and oxygen atoms in total. The number of aromatic nitrogens is 4. The summed E-state index contributed by atoms with van der Waals surface area (Å²) in [4.78, 5) is 14.3. The second kappa shape index (κ2) is 5.09. The standard InChI is InChI=1S/C13H17N5O2/c1-17-6-4-10(16-17)13(20)18-5-2-3-12(18)11-7-9(8-19)14-15-11/h4,6-7,12,19H,2-3,5,8H2,1H3,(H,14,15)/t12-/m1/s1. The van der Waals surface area contributed by atoms with Gasteiger partial charge in [0.2, 0.25) is 0 Å². The molecule has 0 unspecified atom stereocenters.